The summed E-state index contributed by atoms with van der Waals surface area (Å²) in [5.41, 5.74) is 4.69. The van der Waals surface area contributed by atoms with Crippen molar-refractivity contribution < 1.29 is 9.84 Å². The summed E-state index contributed by atoms with van der Waals surface area (Å²) in [6, 6.07) is 14.9. The minimum absolute atomic E-state index is 0.473. The molecule has 2 aliphatic rings. The average Bonchev–Trinajstić information content (AvgIpc) is 2.90. The SMILES string of the molecule is CCCN(CCN1CCN(c2ccnc3c(OC)cccc23)CC1)C1CCc2c(O)cccc2C1. The molecule has 2 heterocycles. The monoisotopic (exact) mass is 474 g/mol. The molecule has 1 atom stereocenters. The van der Waals surface area contributed by atoms with Gasteiger partial charge in [-0.05, 0) is 61.6 Å². The number of aromatic hydroxyl groups is 1. The second-order valence-electron chi connectivity index (χ2n) is 9.86. The van der Waals surface area contributed by atoms with Crippen LogP contribution in [0.25, 0.3) is 10.9 Å². The maximum Gasteiger partial charge on any atom is 0.145 e. The van der Waals surface area contributed by atoms with E-state index in [0.29, 0.717) is 11.8 Å². The number of rotatable bonds is 8. The first kappa shape index (κ1) is 23.9. The van der Waals surface area contributed by atoms with Crippen molar-refractivity contribution in [1.29, 1.82) is 0 Å². The quantitative estimate of drug-likeness (QED) is 0.524. The van der Waals surface area contributed by atoms with E-state index in [1.165, 1.54) is 17.7 Å². The number of hydrogen-bond acceptors (Lipinski definition) is 6. The van der Waals surface area contributed by atoms with Gasteiger partial charge in [-0.15, -0.1) is 0 Å². The van der Waals surface area contributed by atoms with E-state index in [2.05, 4.69) is 50.9 Å². The second kappa shape index (κ2) is 10.8. The molecule has 35 heavy (non-hydrogen) atoms. The summed E-state index contributed by atoms with van der Waals surface area (Å²) in [7, 11) is 1.71. The number of aromatic nitrogens is 1. The number of para-hydroxylation sites is 1. The maximum atomic E-state index is 10.2. The van der Waals surface area contributed by atoms with Crippen molar-refractivity contribution >= 4 is 16.6 Å². The topological polar surface area (TPSA) is 52.1 Å². The smallest absolute Gasteiger partial charge is 0.145 e. The van der Waals surface area contributed by atoms with Crippen LogP contribution in [0.1, 0.15) is 30.9 Å². The fourth-order valence-electron chi connectivity index (χ4n) is 5.90. The summed E-state index contributed by atoms with van der Waals surface area (Å²) >= 11 is 0. The van der Waals surface area contributed by atoms with Crippen molar-refractivity contribution in [1.82, 2.24) is 14.8 Å². The summed E-state index contributed by atoms with van der Waals surface area (Å²) in [6.07, 6.45) is 6.25. The molecule has 2 aromatic carbocycles. The molecular formula is C29H38N4O2. The van der Waals surface area contributed by atoms with E-state index in [1.54, 1.807) is 7.11 Å². The van der Waals surface area contributed by atoms with Crippen molar-refractivity contribution in [2.75, 3.05) is 57.8 Å². The molecule has 1 N–H and O–H groups in total. The Hall–Kier alpha value is -2.83. The lowest BCUT2D eigenvalue weighted by Gasteiger charge is -2.39. The van der Waals surface area contributed by atoms with Gasteiger partial charge in [0, 0.05) is 62.6 Å². The Morgan fingerprint density at radius 3 is 2.69 bits per heavy atom. The second-order valence-corrected chi connectivity index (χ2v) is 9.86. The van der Waals surface area contributed by atoms with Crippen molar-refractivity contribution in [3.8, 4) is 11.5 Å². The number of methoxy groups -OCH3 is 1. The number of anilines is 1. The Morgan fingerprint density at radius 1 is 1.06 bits per heavy atom. The number of phenols is 1. The fraction of sp³-hybridized carbons (Fsp3) is 0.483. The summed E-state index contributed by atoms with van der Waals surface area (Å²) in [4.78, 5) is 12.4. The van der Waals surface area contributed by atoms with Gasteiger partial charge in [0.2, 0.25) is 0 Å². The zero-order valence-electron chi connectivity index (χ0n) is 21.1. The van der Waals surface area contributed by atoms with Gasteiger partial charge in [0.05, 0.1) is 7.11 Å². The maximum absolute atomic E-state index is 10.2. The molecule has 0 spiro atoms. The van der Waals surface area contributed by atoms with Crippen molar-refractivity contribution in [2.45, 2.75) is 38.6 Å². The van der Waals surface area contributed by atoms with Crippen LogP contribution in [-0.4, -0.2) is 78.9 Å². The van der Waals surface area contributed by atoms with E-state index in [1.807, 2.05) is 24.4 Å². The van der Waals surface area contributed by atoms with Crippen LogP contribution in [0.3, 0.4) is 0 Å². The van der Waals surface area contributed by atoms with Gasteiger partial charge in [-0.3, -0.25) is 14.8 Å². The summed E-state index contributed by atoms with van der Waals surface area (Å²) < 4.78 is 5.53. The molecular weight excluding hydrogens is 436 g/mol. The Balaban J connectivity index is 1.19. The molecule has 186 valence electrons. The van der Waals surface area contributed by atoms with Crippen LogP contribution < -0.4 is 9.64 Å². The van der Waals surface area contributed by atoms with Crippen molar-refractivity contribution in [3.05, 3.63) is 59.8 Å². The van der Waals surface area contributed by atoms with Gasteiger partial charge in [0.15, 0.2) is 0 Å². The minimum Gasteiger partial charge on any atom is -0.508 e. The highest BCUT2D eigenvalue weighted by atomic mass is 16.5. The number of nitrogens with zero attached hydrogens (tertiary/aromatic N) is 4. The zero-order chi connectivity index (χ0) is 24.2. The molecule has 0 amide bonds. The number of fused-ring (bicyclic) bond motifs is 2. The van der Waals surface area contributed by atoms with Gasteiger partial charge in [-0.1, -0.05) is 31.2 Å². The number of benzene rings is 2. The number of pyridine rings is 1. The summed E-state index contributed by atoms with van der Waals surface area (Å²) in [5.74, 6) is 1.31. The van der Waals surface area contributed by atoms with Gasteiger partial charge in [-0.2, -0.15) is 0 Å². The Labute approximate surface area is 209 Å². The highest BCUT2D eigenvalue weighted by Gasteiger charge is 2.26. The summed E-state index contributed by atoms with van der Waals surface area (Å²) in [6.45, 7) is 9.86. The summed E-state index contributed by atoms with van der Waals surface area (Å²) in [5, 5.41) is 11.4. The third-order valence-corrected chi connectivity index (χ3v) is 7.81. The molecule has 6 nitrogen and oxygen atoms in total. The largest absolute Gasteiger partial charge is 0.508 e. The van der Waals surface area contributed by atoms with Gasteiger partial charge >= 0.3 is 0 Å². The van der Waals surface area contributed by atoms with E-state index in [9.17, 15) is 5.11 Å². The number of ether oxygens (including phenoxy) is 1. The predicted molar refractivity (Wildman–Crippen MR) is 143 cm³/mol. The van der Waals surface area contributed by atoms with Gasteiger partial charge < -0.3 is 14.7 Å². The standard InChI is InChI=1S/C29H38N4O2/c1-3-14-32(23-10-11-24-22(21-23)6-4-8-27(24)34)18-15-31-16-19-33(20-17-31)26-12-13-30-29-25(26)7-5-9-28(29)35-2/h4-9,12-13,23,34H,3,10-11,14-21H2,1-2H3. The van der Waals surface area contributed by atoms with Crippen LogP contribution in [0.15, 0.2) is 48.7 Å². The van der Waals surface area contributed by atoms with Crippen LogP contribution in [-0.2, 0) is 12.8 Å². The van der Waals surface area contributed by atoms with E-state index >= 15 is 0 Å². The molecule has 3 aromatic rings. The van der Waals surface area contributed by atoms with Crippen molar-refractivity contribution in [2.24, 2.45) is 0 Å². The van der Waals surface area contributed by atoms with Crippen LogP contribution in [0, 0.1) is 0 Å². The number of piperazine rings is 1. The predicted octanol–water partition coefficient (Wildman–Crippen LogP) is 4.34. The van der Waals surface area contributed by atoms with E-state index in [4.69, 9.17) is 4.74 Å². The van der Waals surface area contributed by atoms with Crippen LogP contribution in [0.2, 0.25) is 0 Å². The van der Waals surface area contributed by atoms with Crippen LogP contribution in [0.5, 0.6) is 11.5 Å². The van der Waals surface area contributed by atoms with E-state index in [0.717, 1.165) is 87.3 Å². The molecule has 6 heteroatoms. The third kappa shape index (κ3) is 5.09. The Bertz CT molecular complexity index is 1140. The molecule has 1 saturated heterocycles. The molecule has 1 aliphatic carbocycles. The molecule has 0 saturated carbocycles. The van der Waals surface area contributed by atoms with Gasteiger partial charge in [0.25, 0.3) is 0 Å². The molecule has 1 unspecified atom stereocenters. The molecule has 0 radical (unpaired) electrons. The van der Waals surface area contributed by atoms with Gasteiger partial charge in [-0.25, -0.2) is 0 Å². The lowest BCUT2D eigenvalue weighted by molar-refractivity contribution is 0.145. The Kier molecular flexibility index (Phi) is 7.40. The molecule has 0 bridgehead atoms. The lowest BCUT2D eigenvalue weighted by Crippen LogP contribution is -2.50. The first-order valence-electron chi connectivity index (χ1n) is 13.1. The van der Waals surface area contributed by atoms with Gasteiger partial charge in [0.1, 0.15) is 17.0 Å². The number of phenolic OH excluding ortho intramolecular Hbond substituents is 1. The van der Waals surface area contributed by atoms with Crippen LogP contribution in [0.4, 0.5) is 5.69 Å². The normalized spacial score (nSPS) is 18.7. The lowest BCUT2D eigenvalue weighted by atomic mass is 9.87. The first-order chi connectivity index (χ1) is 17.2. The van der Waals surface area contributed by atoms with E-state index < -0.39 is 0 Å². The fourth-order valence-corrected chi connectivity index (χ4v) is 5.90. The van der Waals surface area contributed by atoms with Crippen molar-refractivity contribution in [3.63, 3.8) is 0 Å². The Morgan fingerprint density at radius 2 is 1.89 bits per heavy atom. The molecule has 5 rings (SSSR count). The first-order valence-corrected chi connectivity index (χ1v) is 13.1. The molecule has 1 aliphatic heterocycles. The average molecular weight is 475 g/mol. The highest BCUT2D eigenvalue weighted by Crippen LogP contribution is 2.32. The van der Waals surface area contributed by atoms with Crippen LogP contribution >= 0.6 is 0 Å². The molecule has 1 aromatic heterocycles. The highest BCUT2D eigenvalue weighted by molar-refractivity contribution is 5.95. The minimum atomic E-state index is 0.473. The van der Waals surface area contributed by atoms with E-state index in [-0.39, 0.29) is 0 Å². The third-order valence-electron chi connectivity index (χ3n) is 7.81. The zero-order valence-corrected chi connectivity index (χ0v) is 21.1. The number of hydrogen-bond donors (Lipinski definition) is 1. The molecule has 1 fully saturated rings.